The number of rotatable bonds is 5. The molecule has 0 aromatic heterocycles. The number of aromatic hydroxyl groups is 1. The van der Waals surface area contributed by atoms with Crippen molar-refractivity contribution in [2.75, 3.05) is 4.72 Å². The number of para-hydroxylation sites is 1. The molecule has 3 aromatic carbocycles. The first kappa shape index (κ1) is 18.9. The van der Waals surface area contributed by atoms with Crippen LogP contribution >= 0.6 is 0 Å². The van der Waals surface area contributed by atoms with Gasteiger partial charge in [0.2, 0.25) is 0 Å². The molecule has 0 aliphatic heterocycles. The summed E-state index contributed by atoms with van der Waals surface area (Å²) >= 11 is 0. The van der Waals surface area contributed by atoms with E-state index in [1.807, 2.05) is 36.4 Å². The zero-order valence-electron chi connectivity index (χ0n) is 15.5. The second kappa shape index (κ2) is 8.28. The van der Waals surface area contributed by atoms with Gasteiger partial charge in [-0.25, -0.2) is 10.1 Å². The van der Waals surface area contributed by atoms with E-state index in [1.165, 1.54) is 0 Å². The van der Waals surface area contributed by atoms with Crippen LogP contribution in [-0.2, 0) is 21.6 Å². The molecule has 1 aliphatic carbocycles. The number of phenols is 1. The minimum atomic E-state index is -1.90. The molecule has 0 bridgehead atoms. The maximum atomic E-state index is 12.6. The first-order valence-electron chi connectivity index (χ1n) is 9.19. The summed E-state index contributed by atoms with van der Waals surface area (Å²) in [5, 5.41) is 14.3. The maximum absolute atomic E-state index is 12.6. The number of thiol groups is 1. The summed E-state index contributed by atoms with van der Waals surface area (Å²) in [5.74, 6) is -0.231. The Labute approximate surface area is 170 Å². The Morgan fingerprint density at radius 3 is 2.59 bits per heavy atom. The number of amides is 1. The van der Waals surface area contributed by atoms with Crippen LogP contribution in [0.2, 0.25) is 0 Å². The zero-order chi connectivity index (χ0) is 20.2. The number of phenolic OH excluding ortho intramolecular Hbond substituents is 1. The molecule has 0 spiro atoms. The molecule has 7 heteroatoms. The van der Waals surface area contributed by atoms with Crippen LogP contribution in [-0.4, -0.2) is 16.7 Å². The van der Waals surface area contributed by atoms with Gasteiger partial charge in [-0.15, -0.1) is 0 Å². The van der Waals surface area contributed by atoms with Gasteiger partial charge in [-0.05, 0) is 48.7 Å². The van der Waals surface area contributed by atoms with Crippen molar-refractivity contribution in [3.8, 4) is 5.75 Å². The van der Waals surface area contributed by atoms with Gasteiger partial charge in [-0.2, -0.15) is 5.10 Å². The molecule has 0 fully saturated rings. The highest BCUT2D eigenvalue weighted by Crippen LogP contribution is 2.29. The van der Waals surface area contributed by atoms with Crippen LogP contribution in [0.4, 0.5) is 5.69 Å². The molecule has 1 amide bonds. The molecule has 6 nitrogen and oxygen atoms in total. The molecule has 1 atom stereocenters. The highest BCUT2D eigenvalue weighted by molar-refractivity contribution is 7.86. The van der Waals surface area contributed by atoms with Crippen LogP contribution in [0.3, 0.4) is 0 Å². The number of fused-ring (bicyclic) bond motifs is 1. The Hall–Kier alpha value is -3.45. The van der Waals surface area contributed by atoms with E-state index >= 15 is 0 Å². The first-order valence-corrected chi connectivity index (χ1v) is 10.4. The van der Waals surface area contributed by atoms with Crippen molar-refractivity contribution in [2.24, 2.45) is 5.10 Å². The lowest BCUT2D eigenvalue weighted by atomic mass is 10.1. The minimum absolute atomic E-state index is 0.166. The topological polar surface area (TPSA) is 90.8 Å². The molecule has 4 rings (SSSR count). The molecule has 3 N–H and O–H groups in total. The highest BCUT2D eigenvalue weighted by Gasteiger charge is 2.21. The standard InChI is InChI=1S/C22H19N3O3S/c26-20-11-5-6-15-12-13-19(21(15)20)23-24-22(27)16-7-4-10-18(14-16)29(28)25-17-8-2-1-3-9-17/h1-11,14,26H,12-13H2,(H,24,27)(H,25,28)/p+1. The fraction of sp³-hybridized carbons (Fsp3) is 0.0909. The summed E-state index contributed by atoms with van der Waals surface area (Å²) in [5.41, 5.74) is 6.02. The van der Waals surface area contributed by atoms with Crippen molar-refractivity contribution in [2.45, 2.75) is 17.7 Å². The Morgan fingerprint density at radius 1 is 0.966 bits per heavy atom. The lowest BCUT2D eigenvalue weighted by molar-refractivity contribution is 0.0954. The SMILES string of the molecule is O=C(NN=C1CCc2cccc(O)c21)c1cccc([SH+](=O)Nc2ccccc2)c1. The average molecular weight is 406 g/mol. The van der Waals surface area contributed by atoms with E-state index in [4.69, 9.17) is 0 Å². The van der Waals surface area contributed by atoms with Crippen molar-refractivity contribution in [3.63, 3.8) is 0 Å². The molecule has 0 heterocycles. The van der Waals surface area contributed by atoms with Crippen LogP contribution in [0, 0.1) is 0 Å². The van der Waals surface area contributed by atoms with Gasteiger partial charge in [0.25, 0.3) is 5.91 Å². The third-order valence-corrected chi connectivity index (χ3v) is 5.90. The van der Waals surface area contributed by atoms with E-state index in [9.17, 15) is 14.1 Å². The van der Waals surface area contributed by atoms with E-state index in [0.29, 0.717) is 28.2 Å². The number of carbonyl (C=O) groups is 1. The average Bonchev–Trinajstić information content (AvgIpc) is 3.17. The van der Waals surface area contributed by atoms with Gasteiger partial charge in [-0.3, -0.25) is 4.79 Å². The number of hydrogen-bond donors (Lipinski definition) is 3. The summed E-state index contributed by atoms with van der Waals surface area (Å²) < 4.78 is 15.5. The summed E-state index contributed by atoms with van der Waals surface area (Å²) in [7, 11) is -1.90. The van der Waals surface area contributed by atoms with Gasteiger partial charge in [0.1, 0.15) is 5.75 Å². The zero-order valence-corrected chi connectivity index (χ0v) is 16.4. The van der Waals surface area contributed by atoms with Gasteiger partial charge in [-0.1, -0.05) is 40.6 Å². The van der Waals surface area contributed by atoms with E-state index < -0.39 is 16.9 Å². The normalized spacial score (nSPS) is 15.0. The molecule has 1 aliphatic rings. The number of nitrogens with one attached hydrogen (secondary N) is 2. The first-order chi connectivity index (χ1) is 14.1. The molecule has 0 radical (unpaired) electrons. The van der Waals surface area contributed by atoms with E-state index in [2.05, 4.69) is 15.2 Å². The number of aryl methyl sites for hydroxylation is 1. The minimum Gasteiger partial charge on any atom is -0.507 e. The molecule has 0 saturated heterocycles. The van der Waals surface area contributed by atoms with Crippen molar-refractivity contribution in [1.82, 2.24) is 5.43 Å². The Kier molecular flexibility index (Phi) is 5.39. The Morgan fingerprint density at radius 2 is 1.76 bits per heavy atom. The van der Waals surface area contributed by atoms with E-state index in [-0.39, 0.29) is 5.75 Å². The fourth-order valence-electron chi connectivity index (χ4n) is 3.27. The number of hydrogen-bond acceptors (Lipinski definition) is 4. The van der Waals surface area contributed by atoms with Gasteiger partial charge >= 0.3 is 0 Å². The molecule has 146 valence electrons. The van der Waals surface area contributed by atoms with Crippen LogP contribution in [0.1, 0.15) is 27.9 Å². The highest BCUT2D eigenvalue weighted by atomic mass is 32.2. The van der Waals surface area contributed by atoms with Crippen LogP contribution in [0.15, 0.2) is 82.8 Å². The summed E-state index contributed by atoms with van der Waals surface area (Å²) in [4.78, 5) is 13.1. The second-order valence-corrected chi connectivity index (χ2v) is 7.96. The van der Waals surface area contributed by atoms with Gasteiger partial charge in [0.05, 0.1) is 11.4 Å². The Bertz CT molecular complexity index is 1110. The van der Waals surface area contributed by atoms with Crippen LogP contribution < -0.4 is 10.1 Å². The molecule has 1 unspecified atom stereocenters. The molecule has 3 aromatic rings. The quantitative estimate of drug-likeness (QED) is 0.344. The van der Waals surface area contributed by atoms with Crippen molar-refractivity contribution in [1.29, 1.82) is 0 Å². The summed E-state index contributed by atoms with van der Waals surface area (Å²) in [6, 6.07) is 21.2. The maximum Gasteiger partial charge on any atom is 0.271 e. The predicted molar refractivity (Wildman–Crippen MR) is 115 cm³/mol. The molecular formula is C22H20N3O3S+. The van der Waals surface area contributed by atoms with E-state index in [0.717, 1.165) is 17.7 Å². The van der Waals surface area contributed by atoms with Crippen molar-refractivity contribution < 1.29 is 14.1 Å². The number of carbonyl (C=O) groups excluding carboxylic acids is 1. The van der Waals surface area contributed by atoms with E-state index in [1.54, 1.807) is 36.4 Å². The molecule has 0 saturated carbocycles. The van der Waals surface area contributed by atoms with Crippen molar-refractivity contribution >= 4 is 28.3 Å². The molecular weight excluding hydrogens is 386 g/mol. The van der Waals surface area contributed by atoms with Crippen LogP contribution in [0.25, 0.3) is 0 Å². The Balaban J connectivity index is 1.48. The monoisotopic (exact) mass is 406 g/mol. The fourth-order valence-corrected chi connectivity index (χ4v) is 4.26. The van der Waals surface area contributed by atoms with Gasteiger partial charge in [0.15, 0.2) is 15.9 Å². The van der Waals surface area contributed by atoms with Crippen molar-refractivity contribution in [3.05, 3.63) is 89.5 Å². The third kappa shape index (κ3) is 4.20. The summed E-state index contributed by atoms with van der Waals surface area (Å²) in [6.07, 6.45) is 1.43. The second-order valence-electron chi connectivity index (χ2n) is 6.63. The van der Waals surface area contributed by atoms with Gasteiger partial charge in [0, 0.05) is 17.2 Å². The lowest BCUT2D eigenvalue weighted by Gasteiger charge is -2.05. The number of anilines is 1. The van der Waals surface area contributed by atoms with Crippen LogP contribution in [0.5, 0.6) is 5.75 Å². The smallest absolute Gasteiger partial charge is 0.271 e. The van der Waals surface area contributed by atoms with Gasteiger partial charge < -0.3 is 5.11 Å². The summed E-state index contributed by atoms with van der Waals surface area (Å²) in [6.45, 7) is 0. The molecule has 29 heavy (non-hydrogen) atoms. The number of benzene rings is 3. The largest absolute Gasteiger partial charge is 0.507 e. The predicted octanol–water partition coefficient (Wildman–Crippen LogP) is 3.55. The lowest BCUT2D eigenvalue weighted by Crippen LogP contribution is -2.20. The third-order valence-electron chi connectivity index (χ3n) is 4.69. The number of nitrogens with zero attached hydrogens (tertiary/aromatic N) is 1. The number of hydrazone groups is 1.